The van der Waals surface area contributed by atoms with Gasteiger partial charge in [0.05, 0.1) is 13.2 Å². The van der Waals surface area contributed by atoms with E-state index in [1.165, 1.54) is 0 Å². The average molecular weight is 785 g/mol. The Morgan fingerprint density at radius 1 is 0.679 bits per heavy atom. The van der Waals surface area contributed by atoms with Gasteiger partial charge in [-0.1, -0.05) is 12.8 Å². The van der Waals surface area contributed by atoms with Gasteiger partial charge in [-0.2, -0.15) is 9.98 Å². The zero-order valence-corrected chi connectivity index (χ0v) is 35.3. The van der Waals surface area contributed by atoms with E-state index in [1.54, 1.807) is 23.9 Å². The molecule has 0 spiro atoms. The van der Waals surface area contributed by atoms with Crippen molar-refractivity contribution in [3.63, 3.8) is 0 Å². The molecule has 4 heterocycles. The van der Waals surface area contributed by atoms with Crippen LogP contribution in [0.1, 0.15) is 121 Å². The highest BCUT2D eigenvalue weighted by molar-refractivity contribution is 6.26. The van der Waals surface area contributed by atoms with Crippen LogP contribution >= 0.6 is 0 Å². The molecule has 4 aliphatic heterocycles. The molecule has 2 unspecified atom stereocenters. The number of carbonyl (C=O) groups is 2. The summed E-state index contributed by atoms with van der Waals surface area (Å²) in [5.41, 5.74) is -0.500. The van der Waals surface area contributed by atoms with Crippen molar-refractivity contribution in [1.29, 1.82) is 0 Å². The fourth-order valence-corrected chi connectivity index (χ4v) is 8.64. The van der Waals surface area contributed by atoms with Gasteiger partial charge < -0.3 is 20.1 Å². The monoisotopic (exact) mass is 785 g/mol. The van der Waals surface area contributed by atoms with Gasteiger partial charge in [0.2, 0.25) is 11.9 Å². The fraction of sp³-hybridized carbons (Fsp3) is 0.789. The number of unbranched alkanes of at least 4 members (excludes halogenated alkanes) is 3. The second-order valence-corrected chi connectivity index (χ2v) is 17.7. The first-order chi connectivity index (χ1) is 26.2. The standard InChI is InChI=1S/C38H68N14O4/c1-11-55-27(53)23-43-31-45-29(25-19-35(3,4)49-36(5,6)20-25)51(39)33(47-31)41-17-15-13-14-16-18-42-34-48-32(44-24-28(54)56-12-2)46-30(52(34)40)26-21-37(7,8)50-38(9,10)22-26/h23-26,33-34,41-42,49-50H,11-22,39-40H2,1-10H3. The quantitative estimate of drug-likeness (QED) is 0.0609. The van der Waals surface area contributed by atoms with Gasteiger partial charge in [0.1, 0.15) is 24.1 Å². The second-order valence-electron chi connectivity index (χ2n) is 17.7. The number of guanidine groups is 2. The minimum atomic E-state index is -0.591. The van der Waals surface area contributed by atoms with Crippen LogP contribution < -0.4 is 33.0 Å². The molecule has 18 nitrogen and oxygen atoms in total. The van der Waals surface area contributed by atoms with Crippen molar-refractivity contribution in [2.75, 3.05) is 26.3 Å². The van der Waals surface area contributed by atoms with Gasteiger partial charge in [0.15, 0.2) is 12.6 Å². The van der Waals surface area contributed by atoms with E-state index in [4.69, 9.17) is 31.1 Å². The molecule has 18 heteroatoms. The maximum atomic E-state index is 12.0. The average Bonchev–Trinajstić information content (AvgIpc) is 3.07. The number of hydrogen-bond donors (Lipinski definition) is 6. The summed E-state index contributed by atoms with van der Waals surface area (Å²) in [4.78, 5) is 51.3. The summed E-state index contributed by atoms with van der Waals surface area (Å²) in [6.07, 6.45) is 8.06. The Kier molecular flexibility index (Phi) is 15.4. The molecule has 0 radical (unpaired) electrons. The molecular weight excluding hydrogens is 717 g/mol. The van der Waals surface area contributed by atoms with E-state index < -0.39 is 24.5 Å². The molecule has 0 saturated carbocycles. The van der Waals surface area contributed by atoms with Gasteiger partial charge >= 0.3 is 11.9 Å². The van der Waals surface area contributed by atoms with E-state index in [1.807, 2.05) is 0 Å². The van der Waals surface area contributed by atoms with Gasteiger partial charge in [-0.25, -0.2) is 41.2 Å². The molecule has 56 heavy (non-hydrogen) atoms. The molecule has 4 aliphatic rings. The number of rotatable bonds is 15. The van der Waals surface area contributed by atoms with E-state index in [-0.39, 0.29) is 59.1 Å². The molecule has 0 aromatic heterocycles. The van der Waals surface area contributed by atoms with E-state index in [0.29, 0.717) is 24.8 Å². The van der Waals surface area contributed by atoms with Gasteiger partial charge in [0, 0.05) is 34.0 Å². The Hall–Kier alpha value is -3.68. The summed E-state index contributed by atoms with van der Waals surface area (Å²) in [5, 5.41) is 17.6. The molecule has 0 amide bonds. The van der Waals surface area contributed by atoms with Crippen LogP contribution in [0.4, 0.5) is 0 Å². The molecule has 0 aliphatic carbocycles. The van der Waals surface area contributed by atoms with E-state index in [0.717, 1.165) is 63.8 Å². The number of ether oxygens (including phenoxy) is 2. The lowest BCUT2D eigenvalue weighted by atomic mass is 9.75. The number of amidine groups is 2. The van der Waals surface area contributed by atoms with E-state index in [9.17, 15) is 9.59 Å². The summed E-state index contributed by atoms with van der Waals surface area (Å²) in [6.45, 7) is 22.8. The maximum absolute atomic E-state index is 12.0. The van der Waals surface area contributed by atoms with Crippen molar-refractivity contribution >= 4 is 48.0 Å². The van der Waals surface area contributed by atoms with Crippen molar-refractivity contribution < 1.29 is 19.1 Å². The maximum Gasteiger partial charge on any atom is 0.349 e. The first-order valence-corrected chi connectivity index (χ1v) is 20.1. The summed E-state index contributed by atoms with van der Waals surface area (Å²) in [5.74, 6) is 14.2. The van der Waals surface area contributed by atoms with Crippen molar-refractivity contribution in [2.24, 2.45) is 53.5 Å². The number of nitrogens with two attached hydrogens (primary N) is 2. The third-order valence-electron chi connectivity index (χ3n) is 9.97. The normalized spacial score (nSPS) is 25.1. The van der Waals surface area contributed by atoms with E-state index >= 15 is 0 Å². The lowest BCUT2D eigenvalue weighted by Gasteiger charge is -2.48. The molecule has 0 bridgehead atoms. The molecule has 0 aromatic carbocycles. The number of hydrazine groups is 2. The molecule has 2 saturated heterocycles. The van der Waals surface area contributed by atoms with Crippen LogP contribution in [-0.2, 0) is 19.1 Å². The molecular formula is C38H68N14O4. The van der Waals surface area contributed by atoms with Crippen LogP contribution in [0, 0.1) is 11.8 Å². The third-order valence-corrected chi connectivity index (χ3v) is 9.97. The summed E-state index contributed by atoms with van der Waals surface area (Å²) in [6, 6.07) is 0. The summed E-state index contributed by atoms with van der Waals surface area (Å²) in [7, 11) is 0. The zero-order valence-electron chi connectivity index (χ0n) is 35.3. The molecule has 314 valence electrons. The van der Waals surface area contributed by atoms with Crippen LogP contribution in [0.5, 0.6) is 0 Å². The van der Waals surface area contributed by atoms with Crippen LogP contribution in [0.25, 0.3) is 0 Å². The highest BCUT2D eigenvalue weighted by atomic mass is 16.5. The smallest absolute Gasteiger partial charge is 0.349 e. The largest absolute Gasteiger partial charge is 0.462 e. The Labute approximate surface area is 332 Å². The first kappa shape index (κ1) is 45.0. The summed E-state index contributed by atoms with van der Waals surface area (Å²) >= 11 is 0. The molecule has 2 fully saturated rings. The number of esters is 2. The number of nitrogens with zero attached hydrogens (tertiary/aromatic N) is 8. The Balaban J connectivity index is 1.32. The highest BCUT2D eigenvalue weighted by Crippen LogP contribution is 2.36. The minimum Gasteiger partial charge on any atom is -0.462 e. The molecule has 2 atom stereocenters. The number of nitrogens with one attached hydrogen (secondary N) is 4. The van der Waals surface area contributed by atoms with Gasteiger partial charge in [0.25, 0.3) is 0 Å². The first-order valence-electron chi connectivity index (χ1n) is 20.1. The molecule has 4 rings (SSSR count). The minimum absolute atomic E-state index is 0.0606. The topological polar surface area (TPSA) is 233 Å². The zero-order chi connectivity index (χ0) is 41.3. The van der Waals surface area contributed by atoms with Gasteiger partial charge in [-0.3, -0.25) is 20.7 Å². The Morgan fingerprint density at radius 2 is 1.02 bits per heavy atom. The lowest BCUT2D eigenvalue weighted by molar-refractivity contribution is -0.135. The Morgan fingerprint density at radius 3 is 1.34 bits per heavy atom. The van der Waals surface area contributed by atoms with Crippen LogP contribution in [-0.4, -0.2) is 119 Å². The molecule has 8 N–H and O–H groups in total. The Bertz CT molecular complexity index is 1420. The van der Waals surface area contributed by atoms with E-state index in [2.05, 4.69) is 96.6 Å². The number of aliphatic imine (C=N–C) groups is 6. The third kappa shape index (κ3) is 13.5. The summed E-state index contributed by atoms with van der Waals surface area (Å²) < 4.78 is 10.0. The number of piperidine rings is 2. The van der Waals surface area contributed by atoms with Crippen LogP contribution in [0.2, 0.25) is 0 Å². The van der Waals surface area contributed by atoms with Crippen molar-refractivity contribution in [2.45, 2.75) is 155 Å². The lowest BCUT2D eigenvalue weighted by Crippen LogP contribution is -2.63. The van der Waals surface area contributed by atoms with Crippen molar-refractivity contribution in [1.82, 2.24) is 31.3 Å². The fourth-order valence-electron chi connectivity index (χ4n) is 8.64. The predicted octanol–water partition coefficient (Wildman–Crippen LogP) is 2.56. The van der Waals surface area contributed by atoms with Crippen molar-refractivity contribution in [3.05, 3.63) is 0 Å². The van der Waals surface area contributed by atoms with Crippen molar-refractivity contribution in [3.8, 4) is 0 Å². The van der Waals surface area contributed by atoms with Gasteiger partial charge in [-0.15, -0.1) is 0 Å². The number of hydrogen-bond acceptors (Lipinski definition) is 18. The highest BCUT2D eigenvalue weighted by Gasteiger charge is 2.44. The SMILES string of the molecule is CCOC(=O)C=NC1=NC(NCCCCCCNC2N=C(N=CC(=O)OCC)N=C(C3CC(C)(C)NC(C)(C)C3)N2N)N(N)C(C2CC(C)(C)NC(C)(C)C2)=N1. The predicted molar refractivity (Wildman–Crippen MR) is 222 cm³/mol. The second kappa shape index (κ2) is 19.2. The van der Waals surface area contributed by atoms with Gasteiger partial charge in [-0.05, 0) is 121 Å². The molecule has 0 aromatic rings. The van der Waals surface area contributed by atoms with Crippen LogP contribution in [0.15, 0.2) is 30.0 Å². The number of carbonyl (C=O) groups excluding carboxylic acids is 2. The van der Waals surface area contributed by atoms with Crippen LogP contribution in [0.3, 0.4) is 0 Å².